The van der Waals surface area contributed by atoms with Gasteiger partial charge in [-0.15, -0.1) is 0 Å². The maximum absolute atomic E-state index is 12.9. The zero-order chi connectivity index (χ0) is 14.9. The molecule has 0 aromatic heterocycles. The number of sulfonamides is 1. The fourth-order valence-corrected chi connectivity index (χ4v) is 4.25. The summed E-state index contributed by atoms with van der Waals surface area (Å²) >= 11 is 0. The summed E-state index contributed by atoms with van der Waals surface area (Å²) in [5, 5.41) is 10.7. The zero-order valence-corrected chi connectivity index (χ0v) is 12.1. The summed E-state index contributed by atoms with van der Waals surface area (Å²) in [5.74, 6) is 0. The second-order valence-electron chi connectivity index (χ2n) is 4.81. The van der Waals surface area contributed by atoms with Gasteiger partial charge in [0.2, 0.25) is 10.0 Å². The molecule has 6 heteroatoms. The average Bonchev–Trinajstić information content (AvgIpc) is 2.54. The van der Waals surface area contributed by atoms with Crippen molar-refractivity contribution < 1.29 is 13.2 Å². The molecule has 3 rings (SSSR count). The molecule has 0 radical (unpaired) electrons. The standard InChI is InChI=1S/C15H14N2O3S/c16-10-13-11-20-9-8-17(13)21(18,19)15-7-3-5-12-4-1-2-6-14(12)15/h1-7,13H,8-9,11H2. The van der Waals surface area contributed by atoms with Crippen LogP contribution in [0.2, 0.25) is 0 Å². The van der Waals surface area contributed by atoms with Crippen molar-refractivity contribution in [1.82, 2.24) is 4.31 Å². The van der Waals surface area contributed by atoms with Crippen LogP contribution in [0.25, 0.3) is 10.8 Å². The van der Waals surface area contributed by atoms with E-state index in [4.69, 9.17) is 10.00 Å². The van der Waals surface area contributed by atoms with Crippen molar-refractivity contribution in [3.8, 4) is 6.07 Å². The number of morpholine rings is 1. The molecule has 5 nitrogen and oxygen atoms in total. The fourth-order valence-electron chi connectivity index (χ4n) is 2.52. The lowest BCUT2D eigenvalue weighted by Crippen LogP contribution is -2.47. The van der Waals surface area contributed by atoms with E-state index in [1.165, 1.54) is 4.31 Å². The first-order chi connectivity index (χ1) is 10.1. The van der Waals surface area contributed by atoms with Crippen molar-refractivity contribution in [3.63, 3.8) is 0 Å². The Labute approximate surface area is 123 Å². The molecular formula is C15H14N2O3S. The third-order valence-corrected chi connectivity index (χ3v) is 5.53. The Morgan fingerprint density at radius 3 is 2.76 bits per heavy atom. The lowest BCUT2D eigenvalue weighted by Gasteiger charge is -2.30. The highest BCUT2D eigenvalue weighted by Crippen LogP contribution is 2.27. The van der Waals surface area contributed by atoms with Crippen LogP contribution in [0.4, 0.5) is 0 Å². The predicted octanol–water partition coefficient (Wildman–Crippen LogP) is 1.75. The Bertz CT molecular complexity index is 806. The van der Waals surface area contributed by atoms with E-state index in [9.17, 15) is 8.42 Å². The van der Waals surface area contributed by atoms with Gasteiger partial charge in [0.25, 0.3) is 0 Å². The average molecular weight is 302 g/mol. The summed E-state index contributed by atoms with van der Waals surface area (Å²) in [5.41, 5.74) is 0. The third kappa shape index (κ3) is 2.40. The van der Waals surface area contributed by atoms with Crippen LogP contribution in [0.5, 0.6) is 0 Å². The fraction of sp³-hybridized carbons (Fsp3) is 0.267. The number of ether oxygens (including phenoxy) is 1. The van der Waals surface area contributed by atoms with Crippen molar-refractivity contribution in [2.24, 2.45) is 0 Å². The van der Waals surface area contributed by atoms with E-state index in [1.807, 2.05) is 30.3 Å². The van der Waals surface area contributed by atoms with Crippen molar-refractivity contribution in [1.29, 1.82) is 5.26 Å². The molecule has 0 aliphatic carbocycles. The van der Waals surface area contributed by atoms with E-state index in [-0.39, 0.29) is 18.0 Å². The lowest BCUT2D eigenvalue weighted by molar-refractivity contribution is 0.0512. The van der Waals surface area contributed by atoms with Gasteiger partial charge in [0.1, 0.15) is 6.04 Å². The highest BCUT2D eigenvalue weighted by atomic mass is 32.2. The van der Waals surface area contributed by atoms with Gasteiger partial charge in [0.05, 0.1) is 24.2 Å². The minimum atomic E-state index is -3.72. The van der Waals surface area contributed by atoms with Gasteiger partial charge in [-0.1, -0.05) is 36.4 Å². The van der Waals surface area contributed by atoms with Crippen LogP contribution in [-0.4, -0.2) is 38.5 Å². The van der Waals surface area contributed by atoms with Crippen LogP contribution in [0, 0.1) is 11.3 Å². The van der Waals surface area contributed by atoms with Gasteiger partial charge in [-0.2, -0.15) is 9.57 Å². The van der Waals surface area contributed by atoms with E-state index in [1.54, 1.807) is 18.2 Å². The van der Waals surface area contributed by atoms with E-state index in [0.29, 0.717) is 12.0 Å². The largest absolute Gasteiger partial charge is 0.377 e. The molecule has 1 unspecified atom stereocenters. The molecule has 21 heavy (non-hydrogen) atoms. The first-order valence-corrected chi connectivity index (χ1v) is 8.05. The zero-order valence-electron chi connectivity index (χ0n) is 11.3. The van der Waals surface area contributed by atoms with Crippen molar-refractivity contribution in [3.05, 3.63) is 42.5 Å². The lowest BCUT2D eigenvalue weighted by atomic mass is 10.1. The van der Waals surface area contributed by atoms with Crippen LogP contribution in [0.3, 0.4) is 0 Å². The Kier molecular flexibility index (Phi) is 3.64. The molecule has 0 bridgehead atoms. The molecule has 0 amide bonds. The normalized spacial score (nSPS) is 20.2. The van der Waals surface area contributed by atoms with E-state index < -0.39 is 16.1 Å². The van der Waals surface area contributed by atoms with Gasteiger partial charge in [0, 0.05) is 11.9 Å². The highest BCUT2D eigenvalue weighted by molar-refractivity contribution is 7.89. The Morgan fingerprint density at radius 1 is 1.19 bits per heavy atom. The maximum Gasteiger partial charge on any atom is 0.245 e. The Hall–Kier alpha value is -1.94. The van der Waals surface area contributed by atoms with Crippen molar-refractivity contribution >= 4 is 20.8 Å². The third-order valence-electron chi connectivity index (χ3n) is 3.56. The molecule has 0 saturated carbocycles. The van der Waals surface area contributed by atoms with Gasteiger partial charge in [-0.3, -0.25) is 0 Å². The highest BCUT2D eigenvalue weighted by Gasteiger charge is 2.34. The van der Waals surface area contributed by atoms with Crippen LogP contribution >= 0.6 is 0 Å². The minimum Gasteiger partial charge on any atom is -0.377 e. The predicted molar refractivity (Wildman–Crippen MR) is 78.1 cm³/mol. The molecule has 1 aliphatic heterocycles. The van der Waals surface area contributed by atoms with Gasteiger partial charge in [0.15, 0.2) is 0 Å². The summed E-state index contributed by atoms with van der Waals surface area (Å²) < 4.78 is 32.2. The van der Waals surface area contributed by atoms with Crippen LogP contribution in [0.15, 0.2) is 47.4 Å². The molecule has 108 valence electrons. The SMILES string of the molecule is N#CC1COCCN1S(=O)(=O)c1cccc2ccccc12. The van der Waals surface area contributed by atoms with E-state index >= 15 is 0 Å². The molecular weight excluding hydrogens is 288 g/mol. The number of benzene rings is 2. The minimum absolute atomic E-state index is 0.112. The molecule has 2 aromatic rings. The topological polar surface area (TPSA) is 70.4 Å². The molecule has 2 aromatic carbocycles. The summed E-state index contributed by atoms with van der Waals surface area (Å²) in [6, 6.07) is 13.7. The first kappa shape index (κ1) is 14.0. The molecule has 0 spiro atoms. The number of hydrogen-bond acceptors (Lipinski definition) is 4. The number of hydrogen-bond donors (Lipinski definition) is 0. The first-order valence-electron chi connectivity index (χ1n) is 6.61. The van der Waals surface area contributed by atoms with Crippen LogP contribution in [-0.2, 0) is 14.8 Å². The second-order valence-corrected chi connectivity index (χ2v) is 6.67. The Morgan fingerprint density at radius 2 is 1.95 bits per heavy atom. The smallest absolute Gasteiger partial charge is 0.245 e. The molecule has 1 fully saturated rings. The molecule has 1 heterocycles. The number of nitriles is 1. The van der Waals surface area contributed by atoms with Gasteiger partial charge in [-0.25, -0.2) is 8.42 Å². The van der Waals surface area contributed by atoms with Crippen molar-refractivity contribution in [2.75, 3.05) is 19.8 Å². The van der Waals surface area contributed by atoms with Gasteiger partial charge < -0.3 is 4.74 Å². The number of rotatable bonds is 2. The summed E-state index contributed by atoms with van der Waals surface area (Å²) in [6.45, 7) is 0.618. The van der Waals surface area contributed by atoms with Crippen LogP contribution < -0.4 is 0 Å². The number of nitrogens with zero attached hydrogens (tertiary/aromatic N) is 2. The summed E-state index contributed by atoms with van der Waals surface area (Å²) in [6.07, 6.45) is 0. The molecule has 1 aliphatic rings. The maximum atomic E-state index is 12.9. The van der Waals surface area contributed by atoms with Crippen molar-refractivity contribution in [2.45, 2.75) is 10.9 Å². The summed E-state index contributed by atoms with van der Waals surface area (Å²) in [7, 11) is -3.72. The van der Waals surface area contributed by atoms with Gasteiger partial charge >= 0.3 is 0 Å². The quantitative estimate of drug-likeness (QED) is 0.847. The monoisotopic (exact) mass is 302 g/mol. The molecule has 1 saturated heterocycles. The van der Waals surface area contributed by atoms with Gasteiger partial charge in [-0.05, 0) is 11.5 Å². The van der Waals surface area contributed by atoms with Crippen LogP contribution in [0.1, 0.15) is 0 Å². The Balaban J connectivity index is 2.14. The van der Waals surface area contributed by atoms with E-state index in [0.717, 1.165) is 5.39 Å². The summed E-state index contributed by atoms with van der Waals surface area (Å²) in [4.78, 5) is 0.239. The second kappa shape index (κ2) is 5.45. The molecule has 0 N–H and O–H groups in total. The van der Waals surface area contributed by atoms with E-state index in [2.05, 4.69) is 0 Å². The number of fused-ring (bicyclic) bond motifs is 1. The molecule has 1 atom stereocenters.